The molecule has 0 aliphatic carbocycles. The Bertz CT molecular complexity index is 233. The van der Waals surface area contributed by atoms with Crippen molar-refractivity contribution in [2.24, 2.45) is 5.41 Å². The minimum absolute atomic E-state index is 0.0706. The molecule has 0 spiro atoms. The van der Waals surface area contributed by atoms with Gasteiger partial charge in [-0.3, -0.25) is 4.79 Å². The molecule has 16 heavy (non-hydrogen) atoms. The number of likely N-dealkylation sites (tertiary alicyclic amines) is 1. The minimum atomic E-state index is 0.0706. The first-order valence-corrected chi connectivity index (χ1v) is 6.34. The van der Waals surface area contributed by atoms with E-state index < -0.39 is 0 Å². The van der Waals surface area contributed by atoms with Crippen molar-refractivity contribution in [1.29, 1.82) is 0 Å². The van der Waals surface area contributed by atoms with Gasteiger partial charge in [0.05, 0.1) is 0 Å². The molecule has 0 aromatic heterocycles. The van der Waals surface area contributed by atoms with Gasteiger partial charge in [0.25, 0.3) is 0 Å². The number of amides is 1. The number of aliphatic hydroxyl groups excluding tert-OH is 1. The predicted molar refractivity (Wildman–Crippen MR) is 65.1 cm³/mol. The maximum Gasteiger partial charge on any atom is 0.223 e. The molecule has 94 valence electrons. The third-order valence-electron chi connectivity index (χ3n) is 3.07. The highest BCUT2D eigenvalue weighted by Crippen LogP contribution is 2.26. The molecule has 1 unspecified atom stereocenters. The smallest absolute Gasteiger partial charge is 0.223 e. The summed E-state index contributed by atoms with van der Waals surface area (Å²) in [4.78, 5) is 14.1. The van der Waals surface area contributed by atoms with Crippen molar-refractivity contribution in [2.45, 2.75) is 58.9 Å². The molecule has 1 saturated heterocycles. The second kappa shape index (κ2) is 5.67. The van der Waals surface area contributed by atoms with Crippen molar-refractivity contribution in [1.82, 2.24) is 4.90 Å². The van der Waals surface area contributed by atoms with Crippen molar-refractivity contribution in [3.05, 3.63) is 0 Å². The average molecular weight is 227 g/mol. The van der Waals surface area contributed by atoms with E-state index in [1.165, 1.54) is 0 Å². The summed E-state index contributed by atoms with van der Waals surface area (Å²) in [7, 11) is 0. The summed E-state index contributed by atoms with van der Waals surface area (Å²) in [5.41, 5.74) is 0.0706. The molecule has 0 aromatic carbocycles. The van der Waals surface area contributed by atoms with E-state index in [4.69, 9.17) is 5.11 Å². The molecule has 3 nitrogen and oxygen atoms in total. The Labute approximate surface area is 98.8 Å². The zero-order valence-corrected chi connectivity index (χ0v) is 10.8. The van der Waals surface area contributed by atoms with Gasteiger partial charge in [-0.25, -0.2) is 0 Å². The Kier molecular flexibility index (Phi) is 4.78. The Morgan fingerprint density at radius 1 is 1.44 bits per heavy atom. The molecule has 1 N–H and O–H groups in total. The number of hydrogen-bond donors (Lipinski definition) is 1. The maximum absolute atomic E-state index is 12.1. The molecule has 1 fully saturated rings. The average Bonchev–Trinajstić information content (AvgIpc) is 2.59. The number of hydrogen-bond acceptors (Lipinski definition) is 2. The van der Waals surface area contributed by atoms with Gasteiger partial charge < -0.3 is 10.0 Å². The van der Waals surface area contributed by atoms with Crippen LogP contribution in [-0.4, -0.2) is 35.1 Å². The first-order valence-electron chi connectivity index (χ1n) is 6.34. The monoisotopic (exact) mass is 227 g/mol. The van der Waals surface area contributed by atoms with Crippen molar-refractivity contribution >= 4 is 5.91 Å². The molecule has 1 aliphatic heterocycles. The third-order valence-corrected chi connectivity index (χ3v) is 3.07. The van der Waals surface area contributed by atoms with Crippen LogP contribution < -0.4 is 0 Å². The van der Waals surface area contributed by atoms with Crippen LogP contribution in [0.1, 0.15) is 52.9 Å². The minimum Gasteiger partial charge on any atom is -0.396 e. The molecule has 1 atom stereocenters. The number of carbonyl (C=O) groups is 1. The molecule has 0 aromatic rings. The topological polar surface area (TPSA) is 40.5 Å². The normalized spacial score (nSPS) is 21.5. The highest BCUT2D eigenvalue weighted by molar-refractivity contribution is 5.77. The van der Waals surface area contributed by atoms with E-state index in [2.05, 4.69) is 20.8 Å². The van der Waals surface area contributed by atoms with Crippen molar-refractivity contribution < 1.29 is 9.90 Å². The molecule has 3 heteroatoms. The quantitative estimate of drug-likeness (QED) is 0.799. The van der Waals surface area contributed by atoms with E-state index in [-0.39, 0.29) is 17.9 Å². The first kappa shape index (κ1) is 13.5. The van der Waals surface area contributed by atoms with E-state index in [0.29, 0.717) is 12.5 Å². The summed E-state index contributed by atoms with van der Waals surface area (Å²) in [6.45, 7) is 7.44. The zero-order chi connectivity index (χ0) is 12.2. The van der Waals surface area contributed by atoms with E-state index in [1.54, 1.807) is 0 Å². The molecule has 0 bridgehead atoms. The number of carbonyl (C=O) groups excluding carboxylic acids is 1. The van der Waals surface area contributed by atoms with E-state index in [9.17, 15) is 4.79 Å². The SMILES string of the molecule is CC(C)(C)CC(=O)N1CCCC1CCCO. The lowest BCUT2D eigenvalue weighted by molar-refractivity contribution is -0.134. The zero-order valence-electron chi connectivity index (χ0n) is 10.8. The lowest BCUT2D eigenvalue weighted by Gasteiger charge is -2.28. The predicted octanol–water partition coefficient (Wildman–Crippen LogP) is 2.19. The van der Waals surface area contributed by atoms with Gasteiger partial charge >= 0.3 is 0 Å². The molecule has 0 radical (unpaired) electrons. The summed E-state index contributed by atoms with van der Waals surface area (Å²) < 4.78 is 0. The molecule has 0 saturated carbocycles. The van der Waals surface area contributed by atoms with Gasteiger partial charge in [0.15, 0.2) is 0 Å². The van der Waals surface area contributed by atoms with E-state index in [1.807, 2.05) is 4.90 Å². The second-order valence-electron chi connectivity index (χ2n) is 5.99. The maximum atomic E-state index is 12.1. The van der Waals surface area contributed by atoms with E-state index >= 15 is 0 Å². The molecular weight excluding hydrogens is 202 g/mol. The van der Waals surface area contributed by atoms with Crippen LogP contribution >= 0.6 is 0 Å². The highest BCUT2D eigenvalue weighted by Gasteiger charge is 2.30. The lowest BCUT2D eigenvalue weighted by atomic mass is 9.91. The largest absolute Gasteiger partial charge is 0.396 e. The van der Waals surface area contributed by atoms with Crippen LogP contribution in [0, 0.1) is 5.41 Å². The van der Waals surface area contributed by atoms with Gasteiger partial charge in [0, 0.05) is 25.6 Å². The van der Waals surface area contributed by atoms with Crippen LogP contribution in [0.3, 0.4) is 0 Å². The molecule has 1 rings (SSSR count). The first-order chi connectivity index (χ1) is 7.44. The fourth-order valence-electron chi connectivity index (χ4n) is 2.35. The van der Waals surface area contributed by atoms with Gasteiger partial charge in [0.2, 0.25) is 5.91 Å². The van der Waals surface area contributed by atoms with Gasteiger partial charge in [-0.05, 0) is 31.1 Å². The van der Waals surface area contributed by atoms with Crippen molar-refractivity contribution in [3.63, 3.8) is 0 Å². The Balaban J connectivity index is 2.47. The van der Waals surface area contributed by atoms with Crippen molar-refractivity contribution in [3.8, 4) is 0 Å². The van der Waals surface area contributed by atoms with Crippen LogP contribution in [0.15, 0.2) is 0 Å². The summed E-state index contributed by atoms with van der Waals surface area (Å²) in [5.74, 6) is 0.285. The Hall–Kier alpha value is -0.570. The molecule has 1 aliphatic rings. The van der Waals surface area contributed by atoms with Crippen LogP contribution in [0.25, 0.3) is 0 Å². The van der Waals surface area contributed by atoms with Gasteiger partial charge in [-0.2, -0.15) is 0 Å². The van der Waals surface area contributed by atoms with Crippen LogP contribution in [0.2, 0.25) is 0 Å². The molecule has 1 amide bonds. The van der Waals surface area contributed by atoms with Crippen LogP contribution in [-0.2, 0) is 4.79 Å². The van der Waals surface area contributed by atoms with Gasteiger partial charge in [-0.1, -0.05) is 20.8 Å². The Morgan fingerprint density at radius 2 is 2.12 bits per heavy atom. The number of nitrogens with zero attached hydrogens (tertiary/aromatic N) is 1. The van der Waals surface area contributed by atoms with E-state index in [0.717, 1.165) is 32.2 Å². The van der Waals surface area contributed by atoms with Crippen molar-refractivity contribution in [2.75, 3.05) is 13.2 Å². The number of rotatable bonds is 4. The third kappa shape index (κ3) is 4.12. The fourth-order valence-corrected chi connectivity index (χ4v) is 2.35. The molecule has 1 heterocycles. The standard InChI is InChI=1S/C13H25NO2/c1-13(2,3)10-12(16)14-8-4-6-11(14)7-5-9-15/h11,15H,4-10H2,1-3H3. The van der Waals surface area contributed by atoms with Gasteiger partial charge in [-0.15, -0.1) is 0 Å². The highest BCUT2D eigenvalue weighted by atomic mass is 16.3. The fraction of sp³-hybridized carbons (Fsp3) is 0.923. The lowest BCUT2D eigenvalue weighted by Crippen LogP contribution is -2.37. The second-order valence-corrected chi connectivity index (χ2v) is 5.99. The van der Waals surface area contributed by atoms with Crippen LogP contribution in [0.4, 0.5) is 0 Å². The number of aliphatic hydroxyl groups is 1. The summed E-state index contributed by atoms with van der Waals surface area (Å²) in [6, 6.07) is 0.377. The summed E-state index contributed by atoms with van der Waals surface area (Å²) >= 11 is 0. The summed E-state index contributed by atoms with van der Waals surface area (Å²) in [6.07, 6.45) is 4.61. The Morgan fingerprint density at radius 3 is 2.69 bits per heavy atom. The van der Waals surface area contributed by atoms with Gasteiger partial charge in [0.1, 0.15) is 0 Å². The molecular formula is C13H25NO2. The van der Waals surface area contributed by atoms with Crippen LogP contribution in [0.5, 0.6) is 0 Å². The summed E-state index contributed by atoms with van der Waals surface area (Å²) in [5, 5.41) is 8.83.